The van der Waals surface area contributed by atoms with Crippen LogP contribution in [0.1, 0.15) is 30.0 Å². The van der Waals surface area contributed by atoms with Crippen molar-refractivity contribution in [3.8, 4) is 0 Å². The molecule has 5 heteroatoms. The first-order valence-electron chi connectivity index (χ1n) is 5.51. The highest BCUT2D eigenvalue weighted by molar-refractivity contribution is 7.09. The molecule has 0 aliphatic carbocycles. The molecular weight excluding hydrogens is 220 g/mol. The lowest BCUT2D eigenvalue weighted by Crippen LogP contribution is -2.24. The molecule has 0 fully saturated rings. The van der Waals surface area contributed by atoms with Crippen LogP contribution in [-0.4, -0.2) is 22.0 Å². The summed E-state index contributed by atoms with van der Waals surface area (Å²) >= 11 is 1.78. The number of thiophene rings is 1. The fraction of sp³-hybridized carbons (Fsp3) is 0.455. The molecule has 0 saturated heterocycles. The first-order chi connectivity index (χ1) is 7.90. The van der Waals surface area contributed by atoms with Crippen LogP contribution in [0.3, 0.4) is 0 Å². The summed E-state index contributed by atoms with van der Waals surface area (Å²) < 4.78 is 0. The highest BCUT2D eigenvalue weighted by Crippen LogP contribution is 2.19. The smallest absolute Gasteiger partial charge is 0.0997 e. The van der Waals surface area contributed by atoms with Gasteiger partial charge in [0.15, 0.2) is 0 Å². The van der Waals surface area contributed by atoms with Crippen LogP contribution in [0.25, 0.3) is 0 Å². The van der Waals surface area contributed by atoms with E-state index in [-0.39, 0.29) is 6.04 Å². The van der Waals surface area contributed by atoms with Gasteiger partial charge >= 0.3 is 0 Å². The van der Waals surface area contributed by atoms with Gasteiger partial charge in [0, 0.05) is 11.3 Å². The van der Waals surface area contributed by atoms with Gasteiger partial charge in [0.25, 0.3) is 0 Å². The third-order valence-electron chi connectivity index (χ3n) is 2.42. The van der Waals surface area contributed by atoms with E-state index < -0.39 is 0 Å². The number of nitrogens with zero attached hydrogens (tertiary/aromatic N) is 2. The minimum absolute atomic E-state index is 0.261. The molecule has 2 rings (SSSR count). The molecule has 2 aromatic rings. The van der Waals surface area contributed by atoms with Gasteiger partial charge in [-0.3, -0.25) is 0 Å². The average molecular weight is 236 g/mol. The molecule has 1 atom stereocenters. The van der Waals surface area contributed by atoms with Gasteiger partial charge in [-0.25, -0.2) is 0 Å². The Bertz CT molecular complexity index is 382. The SMILES string of the molecule is CCCNC(Cc1cccs1)c1cn[nH]n1. The number of hydrogen-bond acceptors (Lipinski definition) is 4. The zero-order valence-electron chi connectivity index (χ0n) is 9.31. The van der Waals surface area contributed by atoms with E-state index in [9.17, 15) is 0 Å². The number of H-pyrrole nitrogens is 1. The van der Waals surface area contributed by atoms with Gasteiger partial charge in [-0.2, -0.15) is 15.4 Å². The maximum Gasteiger partial charge on any atom is 0.0997 e. The monoisotopic (exact) mass is 236 g/mol. The molecule has 0 aliphatic heterocycles. The molecule has 16 heavy (non-hydrogen) atoms. The molecule has 0 saturated carbocycles. The second-order valence-electron chi connectivity index (χ2n) is 3.69. The van der Waals surface area contributed by atoms with E-state index in [0.29, 0.717) is 0 Å². The molecule has 0 bridgehead atoms. The van der Waals surface area contributed by atoms with Crippen LogP contribution in [0.4, 0.5) is 0 Å². The first-order valence-corrected chi connectivity index (χ1v) is 6.39. The number of aromatic nitrogens is 3. The zero-order chi connectivity index (χ0) is 11.2. The van der Waals surface area contributed by atoms with Crippen LogP contribution >= 0.6 is 11.3 Å². The highest BCUT2D eigenvalue weighted by atomic mass is 32.1. The zero-order valence-corrected chi connectivity index (χ0v) is 10.1. The number of nitrogens with one attached hydrogen (secondary N) is 2. The van der Waals surface area contributed by atoms with Crippen molar-refractivity contribution in [3.63, 3.8) is 0 Å². The maximum absolute atomic E-state index is 4.16. The summed E-state index contributed by atoms with van der Waals surface area (Å²) in [5.41, 5.74) is 0.988. The Labute approximate surface area is 99.1 Å². The number of rotatable bonds is 6. The van der Waals surface area contributed by atoms with Gasteiger partial charge in [0.2, 0.25) is 0 Å². The van der Waals surface area contributed by atoms with Gasteiger partial charge < -0.3 is 5.32 Å². The first kappa shape index (κ1) is 11.3. The van der Waals surface area contributed by atoms with E-state index in [1.54, 1.807) is 17.5 Å². The Morgan fingerprint density at radius 3 is 3.12 bits per heavy atom. The summed E-state index contributed by atoms with van der Waals surface area (Å²) in [6, 6.07) is 4.50. The molecule has 0 radical (unpaired) electrons. The Hall–Kier alpha value is -1.20. The van der Waals surface area contributed by atoms with Crippen LogP contribution in [0.2, 0.25) is 0 Å². The molecule has 2 N–H and O–H groups in total. The Balaban J connectivity index is 2.03. The van der Waals surface area contributed by atoms with Crippen molar-refractivity contribution in [3.05, 3.63) is 34.3 Å². The fourth-order valence-corrected chi connectivity index (χ4v) is 2.36. The minimum atomic E-state index is 0.261. The summed E-state index contributed by atoms with van der Waals surface area (Å²) in [7, 11) is 0. The average Bonchev–Trinajstić information content (AvgIpc) is 2.96. The van der Waals surface area contributed by atoms with Crippen LogP contribution in [0.15, 0.2) is 23.7 Å². The van der Waals surface area contributed by atoms with Crippen LogP contribution in [0.5, 0.6) is 0 Å². The summed E-state index contributed by atoms with van der Waals surface area (Å²) in [6.07, 6.45) is 3.89. The molecule has 0 aromatic carbocycles. The Kier molecular flexibility index (Phi) is 4.07. The largest absolute Gasteiger partial charge is 0.308 e. The third kappa shape index (κ3) is 2.90. The van der Waals surface area contributed by atoms with Crippen molar-refractivity contribution in [2.24, 2.45) is 0 Å². The Morgan fingerprint density at radius 1 is 1.56 bits per heavy atom. The van der Waals surface area contributed by atoms with E-state index in [1.807, 2.05) is 0 Å². The summed E-state index contributed by atoms with van der Waals surface area (Å²) in [5, 5.41) is 16.3. The number of aromatic amines is 1. The predicted molar refractivity (Wildman–Crippen MR) is 65.4 cm³/mol. The van der Waals surface area contributed by atoms with Crippen LogP contribution in [0, 0.1) is 0 Å². The lowest BCUT2D eigenvalue weighted by atomic mass is 10.1. The van der Waals surface area contributed by atoms with Gasteiger partial charge in [0.05, 0.1) is 17.9 Å². The Morgan fingerprint density at radius 2 is 2.50 bits per heavy atom. The van der Waals surface area contributed by atoms with E-state index in [2.05, 4.69) is 45.2 Å². The molecule has 2 aromatic heterocycles. The standard InChI is InChI=1S/C11H16N4S/c1-2-5-12-10(11-8-13-15-14-11)7-9-4-3-6-16-9/h3-4,6,8,10,12H,2,5,7H2,1H3,(H,13,14,15). The highest BCUT2D eigenvalue weighted by Gasteiger charge is 2.14. The lowest BCUT2D eigenvalue weighted by Gasteiger charge is -2.14. The van der Waals surface area contributed by atoms with Crippen molar-refractivity contribution < 1.29 is 0 Å². The van der Waals surface area contributed by atoms with E-state index in [1.165, 1.54) is 4.88 Å². The van der Waals surface area contributed by atoms with Gasteiger partial charge in [-0.1, -0.05) is 13.0 Å². The van der Waals surface area contributed by atoms with Crippen molar-refractivity contribution in [2.75, 3.05) is 6.54 Å². The molecule has 0 aliphatic rings. The van der Waals surface area contributed by atoms with Gasteiger partial charge in [-0.05, 0) is 24.4 Å². The predicted octanol–water partition coefficient (Wildman–Crippen LogP) is 2.15. The molecule has 0 amide bonds. The number of hydrogen-bond donors (Lipinski definition) is 2. The summed E-state index contributed by atoms with van der Waals surface area (Å²) in [6.45, 7) is 3.17. The van der Waals surface area contributed by atoms with Gasteiger partial charge in [-0.15, -0.1) is 11.3 Å². The maximum atomic E-state index is 4.16. The van der Waals surface area contributed by atoms with Crippen LogP contribution < -0.4 is 5.32 Å². The summed E-state index contributed by atoms with van der Waals surface area (Å²) in [4.78, 5) is 1.37. The fourth-order valence-electron chi connectivity index (χ4n) is 1.61. The molecule has 1 unspecified atom stereocenters. The molecule has 86 valence electrons. The van der Waals surface area contributed by atoms with E-state index in [0.717, 1.165) is 25.1 Å². The quantitative estimate of drug-likeness (QED) is 0.808. The van der Waals surface area contributed by atoms with Crippen molar-refractivity contribution in [2.45, 2.75) is 25.8 Å². The normalized spacial score (nSPS) is 12.8. The summed E-state index contributed by atoms with van der Waals surface area (Å²) in [5.74, 6) is 0. The third-order valence-corrected chi connectivity index (χ3v) is 3.32. The second kappa shape index (κ2) is 5.77. The molecular formula is C11H16N4S. The van der Waals surface area contributed by atoms with E-state index in [4.69, 9.17) is 0 Å². The van der Waals surface area contributed by atoms with Crippen molar-refractivity contribution in [1.82, 2.24) is 20.7 Å². The molecule has 0 spiro atoms. The second-order valence-corrected chi connectivity index (χ2v) is 4.72. The van der Waals surface area contributed by atoms with Gasteiger partial charge in [0.1, 0.15) is 0 Å². The van der Waals surface area contributed by atoms with Crippen LogP contribution in [-0.2, 0) is 6.42 Å². The van der Waals surface area contributed by atoms with Crippen molar-refractivity contribution in [1.29, 1.82) is 0 Å². The van der Waals surface area contributed by atoms with E-state index >= 15 is 0 Å². The molecule has 2 heterocycles. The topological polar surface area (TPSA) is 53.6 Å². The lowest BCUT2D eigenvalue weighted by molar-refractivity contribution is 0.520. The molecule has 4 nitrogen and oxygen atoms in total. The minimum Gasteiger partial charge on any atom is -0.308 e. The van der Waals surface area contributed by atoms with Crippen molar-refractivity contribution >= 4 is 11.3 Å².